The molecule has 2 N–H and O–H groups in total. The molecule has 5 nitrogen and oxygen atoms in total. The van der Waals surface area contributed by atoms with Crippen LogP contribution in [0.4, 0.5) is 5.69 Å². The van der Waals surface area contributed by atoms with Crippen LogP contribution in [0, 0.1) is 12.3 Å². The molecule has 0 aliphatic heterocycles. The summed E-state index contributed by atoms with van der Waals surface area (Å²) in [5, 5.41) is 6.18. The van der Waals surface area contributed by atoms with E-state index in [0.717, 1.165) is 16.8 Å². The predicted molar refractivity (Wildman–Crippen MR) is 114 cm³/mol. The van der Waals surface area contributed by atoms with Gasteiger partial charge in [-0.15, -0.1) is 0 Å². The zero-order valence-corrected chi connectivity index (χ0v) is 17.5. The topological polar surface area (TPSA) is 61.4 Å². The number of aryl methyl sites for hydroxylation is 1. The first-order valence-electron chi connectivity index (χ1n) is 9.55. The van der Waals surface area contributed by atoms with Crippen LogP contribution in [0.2, 0.25) is 0 Å². The summed E-state index contributed by atoms with van der Waals surface area (Å²) in [5.74, 6) is -0.334. The summed E-state index contributed by atoms with van der Waals surface area (Å²) in [6.45, 7) is 8.60. The summed E-state index contributed by atoms with van der Waals surface area (Å²) in [5.41, 5.74) is 2.94. The molecular formula is C23H31N3O2. The Hall–Kier alpha value is -2.66. The van der Waals surface area contributed by atoms with Gasteiger partial charge < -0.3 is 15.5 Å². The number of rotatable bonds is 7. The molecule has 0 aromatic heterocycles. The van der Waals surface area contributed by atoms with Gasteiger partial charge in [-0.05, 0) is 30.0 Å². The molecule has 0 aliphatic carbocycles. The second-order valence-electron chi connectivity index (χ2n) is 8.25. The SMILES string of the molecule is Cc1ccc(NC(=O)CN(C)C(=O)CN[C@H](c2ccccc2)C(C)(C)C)cc1. The van der Waals surface area contributed by atoms with Crippen molar-refractivity contribution in [3.05, 3.63) is 65.7 Å². The summed E-state index contributed by atoms with van der Waals surface area (Å²) < 4.78 is 0. The van der Waals surface area contributed by atoms with Crippen molar-refractivity contribution in [2.24, 2.45) is 5.41 Å². The van der Waals surface area contributed by atoms with Crippen molar-refractivity contribution in [3.63, 3.8) is 0 Å². The third-order valence-corrected chi connectivity index (χ3v) is 4.60. The van der Waals surface area contributed by atoms with E-state index in [-0.39, 0.29) is 36.4 Å². The molecule has 2 amide bonds. The fraction of sp³-hybridized carbons (Fsp3) is 0.391. The average Bonchev–Trinajstić information content (AvgIpc) is 2.63. The standard InChI is InChI=1S/C23H31N3O2/c1-17-11-13-19(14-12-17)25-20(27)16-26(5)21(28)15-24-22(23(2,3)4)18-9-7-6-8-10-18/h6-14,22,24H,15-16H2,1-5H3,(H,25,27)/t22-/m1/s1. The molecule has 28 heavy (non-hydrogen) atoms. The van der Waals surface area contributed by atoms with Crippen LogP contribution in [0.5, 0.6) is 0 Å². The fourth-order valence-electron chi connectivity index (χ4n) is 3.03. The van der Waals surface area contributed by atoms with E-state index in [2.05, 4.69) is 43.5 Å². The molecule has 0 saturated heterocycles. The molecule has 0 saturated carbocycles. The van der Waals surface area contributed by atoms with Crippen molar-refractivity contribution in [1.82, 2.24) is 10.2 Å². The van der Waals surface area contributed by atoms with Crippen LogP contribution in [0.25, 0.3) is 0 Å². The van der Waals surface area contributed by atoms with E-state index in [1.165, 1.54) is 4.90 Å². The van der Waals surface area contributed by atoms with Gasteiger partial charge in [-0.3, -0.25) is 9.59 Å². The number of nitrogens with zero attached hydrogens (tertiary/aromatic N) is 1. The zero-order chi connectivity index (χ0) is 20.7. The minimum atomic E-state index is -0.213. The average molecular weight is 382 g/mol. The van der Waals surface area contributed by atoms with Gasteiger partial charge in [0.2, 0.25) is 11.8 Å². The lowest BCUT2D eigenvalue weighted by Gasteiger charge is -2.32. The zero-order valence-electron chi connectivity index (χ0n) is 17.5. The number of likely N-dealkylation sites (N-methyl/N-ethyl adjacent to an activating group) is 1. The molecule has 0 aliphatic rings. The van der Waals surface area contributed by atoms with Crippen LogP contribution in [0.1, 0.15) is 37.9 Å². The highest BCUT2D eigenvalue weighted by atomic mass is 16.2. The van der Waals surface area contributed by atoms with E-state index in [0.29, 0.717) is 0 Å². The van der Waals surface area contributed by atoms with Crippen LogP contribution >= 0.6 is 0 Å². The van der Waals surface area contributed by atoms with E-state index >= 15 is 0 Å². The maximum Gasteiger partial charge on any atom is 0.243 e. The molecule has 0 fully saturated rings. The van der Waals surface area contributed by atoms with Crippen LogP contribution in [-0.2, 0) is 9.59 Å². The highest BCUT2D eigenvalue weighted by Gasteiger charge is 2.26. The highest BCUT2D eigenvalue weighted by Crippen LogP contribution is 2.32. The molecule has 2 aromatic rings. The Labute approximate surface area is 168 Å². The first-order chi connectivity index (χ1) is 13.2. The summed E-state index contributed by atoms with van der Waals surface area (Å²) in [7, 11) is 1.65. The van der Waals surface area contributed by atoms with Gasteiger partial charge in [-0.25, -0.2) is 0 Å². The van der Waals surface area contributed by atoms with Gasteiger partial charge in [0.1, 0.15) is 0 Å². The maximum atomic E-state index is 12.5. The smallest absolute Gasteiger partial charge is 0.243 e. The Morgan fingerprint density at radius 1 is 1.00 bits per heavy atom. The Morgan fingerprint density at radius 2 is 1.61 bits per heavy atom. The molecule has 0 unspecified atom stereocenters. The molecule has 1 atom stereocenters. The molecule has 0 spiro atoms. The van der Waals surface area contributed by atoms with E-state index < -0.39 is 0 Å². The summed E-state index contributed by atoms with van der Waals surface area (Å²) in [4.78, 5) is 26.2. The van der Waals surface area contributed by atoms with Crippen LogP contribution < -0.4 is 10.6 Å². The van der Waals surface area contributed by atoms with Gasteiger partial charge in [0, 0.05) is 18.8 Å². The number of hydrogen-bond acceptors (Lipinski definition) is 3. The predicted octanol–water partition coefficient (Wildman–Crippen LogP) is 3.77. The first kappa shape index (κ1) is 21.6. The second kappa shape index (κ2) is 9.51. The molecule has 0 bridgehead atoms. The van der Waals surface area contributed by atoms with Crippen molar-refractivity contribution >= 4 is 17.5 Å². The number of anilines is 1. The Morgan fingerprint density at radius 3 is 2.18 bits per heavy atom. The Kier molecular flexibility index (Phi) is 7.35. The number of hydrogen-bond donors (Lipinski definition) is 2. The van der Waals surface area contributed by atoms with Gasteiger partial charge in [-0.2, -0.15) is 0 Å². The van der Waals surface area contributed by atoms with Gasteiger partial charge in [-0.1, -0.05) is 68.8 Å². The summed E-state index contributed by atoms with van der Waals surface area (Å²) in [6, 6.07) is 17.7. The number of benzene rings is 2. The summed E-state index contributed by atoms with van der Waals surface area (Å²) in [6.07, 6.45) is 0. The van der Waals surface area contributed by atoms with Crippen LogP contribution in [-0.4, -0.2) is 36.9 Å². The van der Waals surface area contributed by atoms with Crippen molar-refractivity contribution in [1.29, 1.82) is 0 Å². The van der Waals surface area contributed by atoms with Gasteiger partial charge in [0.05, 0.1) is 13.1 Å². The van der Waals surface area contributed by atoms with E-state index in [1.54, 1.807) is 7.05 Å². The van der Waals surface area contributed by atoms with Crippen molar-refractivity contribution in [2.75, 3.05) is 25.5 Å². The van der Waals surface area contributed by atoms with Gasteiger partial charge >= 0.3 is 0 Å². The lowest BCUT2D eigenvalue weighted by Crippen LogP contribution is -2.43. The highest BCUT2D eigenvalue weighted by molar-refractivity contribution is 5.94. The van der Waals surface area contributed by atoms with Gasteiger partial charge in [0.25, 0.3) is 0 Å². The second-order valence-corrected chi connectivity index (χ2v) is 8.25. The minimum Gasteiger partial charge on any atom is -0.335 e. The normalized spacial score (nSPS) is 12.3. The number of amides is 2. The summed E-state index contributed by atoms with van der Waals surface area (Å²) >= 11 is 0. The van der Waals surface area contributed by atoms with Crippen molar-refractivity contribution in [3.8, 4) is 0 Å². The number of carbonyl (C=O) groups is 2. The fourth-order valence-corrected chi connectivity index (χ4v) is 3.03. The molecule has 0 heterocycles. The van der Waals surface area contributed by atoms with E-state index in [4.69, 9.17) is 0 Å². The van der Waals surface area contributed by atoms with Crippen molar-refractivity contribution < 1.29 is 9.59 Å². The van der Waals surface area contributed by atoms with E-state index in [1.807, 2.05) is 49.4 Å². The first-order valence-corrected chi connectivity index (χ1v) is 9.55. The molecule has 150 valence electrons. The van der Waals surface area contributed by atoms with Crippen LogP contribution in [0.15, 0.2) is 54.6 Å². The third kappa shape index (κ3) is 6.50. The number of nitrogens with one attached hydrogen (secondary N) is 2. The lowest BCUT2D eigenvalue weighted by molar-refractivity contribution is -0.132. The molecule has 2 rings (SSSR count). The Balaban J connectivity index is 1.90. The van der Waals surface area contributed by atoms with Gasteiger partial charge in [0.15, 0.2) is 0 Å². The maximum absolute atomic E-state index is 12.5. The largest absolute Gasteiger partial charge is 0.335 e. The van der Waals surface area contributed by atoms with E-state index in [9.17, 15) is 9.59 Å². The molecular weight excluding hydrogens is 350 g/mol. The monoisotopic (exact) mass is 381 g/mol. The van der Waals surface area contributed by atoms with Crippen molar-refractivity contribution in [2.45, 2.75) is 33.7 Å². The molecule has 2 aromatic carbocycles. The Bertz CT molecular complexity index is 780. The quantitative estimate of drug-likeness (QED) is 0.767. The number of carbonyl (C=O) groups excluding carboxylic acids is 2. The minimum absolute atomic E-state index is 0.0138. The third-order valence-electron chi connectivity index (χ3n) is 4.60. The lowest BCUT2D eigenvalue weighted by atomic mass is 9.82. The molecule has 0 radical (unpaired) electrons. The van der Waals surface area contributed by atoms with Crippen LogP contribution in [0.3, 0.4) is 0 Å². The molecule has 5 heteroatoms.